The van der Waals surface area contributed by atoms with E-state index >= 15 is 0 Å². The molecular formula is C4H7N+. The largest absolute Gasteiger partial charge is 0.175 e. The van der Waals surface area contributed by atoms with Crippen molar-refractivity contribution in [3.8, 4) is 0 Å². The summed E-state index contributed by atoms with van der Waals surface area (Å²) < 4.78 is 0. The van der Waals surface area contributed by atoms with Crippen LogP contribution in [-0.2, 0) is 0 Å². The Labute approximate surface area is 31.7 Å². The van der Waals surface area contributed by atoms with E-state index in [1.54, 1.807) is 0 Å². The summed E-state index contributed by atoms with van der Waals surface area (Å²) in [6, 6.07) is 0. The monoisotopic (exact) mass is 69.1 g/mol. The van der Waals surface area contributed by atoms with E-state index in [2.05, 4.69) is 17.5 Å². The third kappa shape index (κ3) is 0.484. The first-order valence-electron chi connectivity index (χ1n) is 1.86. The van der Waals surface area contributed by atoms with Crippen LogP contribution >= 0.6 is 0 Å². The molecule has 0 saturated carbocycles. The van der Waals surface area contributed by atoms with Crippen LogP contribution in [0.1, 0.15) is 0 Å². The molecule has 0 spiro atoms. The summed E-state index contributed by atoms with van der Waals surface area (Å²) in [5.74, 6) is 0. The highest BCUT2D eigenvalue weighted by Crippen LogP contribution is 1.64. The van der Waals surface area contributed by atoms with E-state index in [4.69, 9.17) is 0 Å². The Hall–Kier alpha value is -0.300. The van der Waals surface area contributed by atoms with Gasteiger partial charge in [0.1, 0.15) is 13.1 Å². The van der Waals surface area contributed by atoms with Crippen molar-refractivity contribution >= 4 is 0 Å². The maximum Gasteiger partial charge on any atom is 0.139 e. The van der Waals surface area contributed by atoms with E-state index < -0.39 is 0 Å². The summed E-state index contributed by atoms with van der Waals surface area (Å²) >= 11 is 0. The molecule has 1 aliphatic heterocycles. The third-order valence-electron chi connectivity index (χ3n) is 0.691. The minimum Gasteiger partial charge on any atom is -0.175 e. The molecule has 0 saturated heterocycles. The second-order valence-electron chi connectivity index (χ2n) is 1.13. The van der Waals surface area contributed by atoms with Crippen molar-refractivity contribution in [1.29, 1.82) is 0 Å². The maximum absolute atomic E-state index is 3.11. The highest BCUT2D eigenvalue weighted by molar-refractivity contribution is 4.83. The van der Waals surface area contributed by atoms with Crippen LogP contribution in [-0.4, -0.2) is 13.1 Å². The van der Waals surface area contributed by atoms with E-state index in [9.17, 15) is 0 Å². The first-order valence-corrected chi connectivity index (χ1v) is 1.86. The minimum absolute atomic E-state index is 1.07. The second-order valence-corrected chi connectivity index (χ2v) is 1.13. The summed E-state index contributed by atoms with van der Waals surface area (Å²) in [5, 5.41) is 3.11. The van der Waals surface area contributed by atoms with Crippen LogP contribution < -0.4 is 5.32 Å². The van der Waals surface area contributed by atoms with Crippen molar-refractivity contribution in [2.45, 2.75) is 0 Å². The Morgan fingerprint density at radius 3 is 2.00 bits per heavy atom. The zero-order valence-electron chi connectivity index (χ0n) is 3.07. The van der Waals surface area contributed by atoms with Gasteiger partial charge in [0, 0.05) is 0 Å². The molecule has 0 aromatic carbocycles. The van der Waals surface area contributed by atoms with E-state index in [0.717, 1.165) is 13.1 Å². The highest BCUT2D eigenvalue weighted by Gasteiger charge is 1.91. The summed E-state index contributed by atoms with van der Waals surface area (Å²) in [5.41, 5.74) is 0. The molecule has 1 heteroatoms. The van der Waals surface area contributed by atoms with Gasteiger partial charge < -0.3 is 0 Å². The van der Waals surface area contributed by atoms with E-state index in [0.29, 0.717) is 0 Å². The van der Waals surface area contributed by atoms with Crippen LogP contribution in [0.15, 0.2) is 12.2 Å². The fraction of sp³-hybridized carbons (Fsp3) is 0.500. The van der Waals surface area contributed by atoms with E-state index in [-0.39, 0.29) is 0 Å². The normalized spacial score (nSPS) is 20.8. The van der Waals surface area contributed by atoms with Crippen molar-refractivity contribution < 1.29 is 5.32 Å². The fourth-order valence-electron chi connectivity index (χ4n) is 0.417. The van der Waals surface area contributed by atoms with Gasteiger partial charge in [-0.15, -0.1) is 0 Å². The van der Waals surface area contributed by atoms with Gasteiger partial charge in [0.15, 0.2) is 0 Å². The lowest BCUT2D eigenvalue weighted by Gasteiger charge is -1.65. The molecule has 0 amide bonds. The zero-order valence-corrected chi connectivity index (χ0v) is 3.07. The van der Waals surface area contributed by atoms with Gasteiger partial charge in [-0.1, -0.05) is 0 Å². The molecule has 0 aromatic heterocycles. The van der Waals surface area contributed by atoms with Crippen molar-refractivity contribution in [3.05, 3.63) is 12.2 Å². The Morgan fingerprint density at radius 2 is 1.80 bits per heavy atom. The lowest BCUT2D eigenvalue weighted by Crippen LogP contribution is -2.81. The van der Waals surface area contributed by atoms with E-state index in [1.807, 2.05) is 0 Å². The lowest BCUT2D eigenvalue weighted by atomic mass is 10.6. The first kappa shape index (κ1) is 2.91. The molecule has 0 bridgehead atoms. The highest BCUT2D eigenvalue weighted by atomic mass is 14.9. The molecule has 1 N–H and O–H groups in total. The van der Waals surface area contributed by atoms with E-state index in [1.165, 1.54) is 0 Å². The number of rotatable bonds is 0. The van der Waals surface area contributed by atoms with Crippen LogP contribution in [0.25, 0.3) is 0 Å². The molecule has 1 radical (unpaired) electrons. The topological polar surface area (TPSA) is 15.6 Å². The molecule has 5 heavy (non-hydrogen) atoms. The summed E-state index contributed by atoms with van der Waals surface area (Å²) in [6.45, 7) is 2.14. The van der Waals surface area contributed by atoms with Crippen molar-refractivity contribution in [1.82, 2.24) is 0 Å². The molecule has 1 heterocycles. The standard InChI is InChI=1S/C4H7N/c1-2-4-5-3-1/h1-2,5H,3-4H2/q+1. The molecule has 0 atom stereocenters. The van der Waals surface area contributed by atoms with Crippen LogP contribution in [0.4, 0.5) is 0 Å². The average molecular weight is 69.1 g/mol. The van der Waals surface area contributed by atoms with Gasteiger partial charge in [-0.3, -0.25) is 0 Å². The zero-order chi connectivity index (χ0) is 3.54. The molecule has 0 unspecified atom stereocenters. The van der Waals surface area contributed by atoms with Gasteiger partial charge in [-0.05, 0) is 12.2 Å². The van der Waals surface area contributed by atoms with Crippen LogP contribution in [0.5, 0.6) is 0 Å². The van der Waals surface area contributed by atoms with Gasteiger partial charge >= 0.3 is 0 Å². The van der Waals surface area contributed by atoms with Crippen molar-refractivity contribution in [2.24, 2.45) is 0 Å². The van der Waals surface area contributed by atoms with Crippen molar-refractivity contribution in [3.63, 3.8) is 0 Å². The molecule has 27 valence electrons. The van der Waals surface area contributed by atoms with Crippen LogP contribution in [0, 0.1) is 0 Å². The Morgan fingerprint density at radius 1 is 1.20 bits per heavy atom. The Kier molecular flexibility index (Phi) is 0.711. The van der Waals surface area contributed by atoms with Gasteiger partial charge in [0.2, 0.25) is 0 Å². The maximum atomic E-state index is 3.11. The Bertz CT molecular complexity index is 41.6. The summed E-state index contributed by atoms with van der Waals surface area (Å²) in [6.07, 6.45) is 4.25. The average Bonchev–Trinajstić information content (AvgIpc) is 1.76. The third-order valence-corrected chi connectivity index (χ3v) is 0.691. The molecule has 1 rings (SSSR count). The van der Waals surface area contributed by atoms with Gasteiger partial charge in [-0.25, -0.2) is 0 Å². The number of nitrogens with one attached hydrogen (secondary N) is 1. The molecule has 0 aromatic rings. The van der Waals surface area contributed by atoms with Gasteiger partial charge in [0.25, 0.3) is 0 Å². The minimum atomic E-state index is 1.07. The molecule has 1 aliphatic rings. The predicted octanol–water partition coefficient (Wildman–Crippen LogP) is -1.09. The summed E-state index contributed by atoms with van der Waals surface area (Å²) in [4.78, 5) is 0. The SMILES string of the molecule is C1=CC[NH+]C1. The molecule has 0 fully saturated rings. The van der Waals surface area contributed by atoms with Crippen LogP contribution in [0.2, 0.25) is 0 Å². The first-order chi connectivity index (χ1) is 2.50. The second kappa shape index (κ2) is 1.22. The predicted molar refractivity (Wildman–Crippen MR) is 19.8 cm³/mol. The van der Waals surface area contributed by atoms with Gasteiger partial charge in [-0.2, -0.15) is 5.32 Å². The Balaban J connectivity index is 2.32. The lowest BCUT2D eigenvalue weighted by molar-refractivity contribution is -0.629. The van der Waals surface area contributed by atoms with Gasteiger partial charge in [0.05, 0.1) is 0 Å². The fourth-order valence-corrected chi connectivity index (χ4v) is 0.417. The number of hydrogen-bond acceptors (Lipinski definition) is 1. The number of hydrogen-bond donors (Lipinski definition) is 1. The molecular weight excluding hydrogens is 62.1 g/mol. The smallest absolute Gasteiger partial charge is 0.139 e. The summed E-state index contributed by atoms with van der Waals surface area (Å²) in [7, 11) is 0. The molecule has 0 aliphatic carbocycles. The quantitative estimate of drug-likeness (QED) is 0.348. The molecule has 1 nitrogen and oxygen atoms in total. The van der Waals surface area contributed by atoms with Crippen molar-refractivity contribution in [2.75, 3.05) is 13.1 Å². The van der Waals surface area contributed by atoms with Crippen LogP contribution in [0.3, 0.4) is 0 Å².